The Bertz CT molecular complexity index is 870. The Morgan fingerprint density at radius 3 is 2.72 bits per heavy atom. The number of anilines is 1. The number of benzene rings is 1. The van der Waals surface area contributed by atoms with Gasteiger partial charge in [-0.3, -0.25) is 9.59 Å². The number of fused-ring (bicyclic) bond motifs is 1. The zero-order valence-electron chi connectivity index (χ0n) is 16.4. The third-order valence-corrected chi connectivity index (χ3v) is 5.20. The van der Waals surface area contributed by atoms with E-state index in [2.05, 4.69) is 15.7 Å². The lowest BCUT2D eigenvalue weighted by molar-refractivity contribution is -0.122. The molecule has 29 heavy (non-hydrogen) atoms. The first-order chi connectivity index (χ1) is 14.1. The van der Waals surface area contributed by atoms with Crippen LogP contribution in [0.5, 0.6) is 11.5 Å². The predicted octanol–water partition coefficient (Wildman–Crippen LogP) is 1.42. The molecule has 0 saturated heterocycles. The summed E-state index contributed by atoms with van der Waals surface area (Å²) in [4.78, 5) is 24.6. The smallest absolute Gasteiger partial charge is 0.263 e. The van der Waals surface area contributed by atoms with Crippen molar-refractivity contribution >= 4 is 29.4 Å². The van der Waals surface area contributed by atoms with Crippen LogP contribution >= 0.6 is 11.8 Å². The van der Waals surface area contributed by atoms with Gasteiger partial charge in [0.25, 0.3) is 5.91 Å². The van der Waals surface area contributed by atoms with E-state index in [9.17, 15) is 9.59 Å². The Kier molecular flexibility index (Phi) is 7.36. The minimum atomic E-state index is -0.337. The monoisotopic (exact) mass is 420 g/mol. The van der Waals surface area contributed by atoms with E-state index in [0.717, 1.165) is 22.8 Å². The van der Waals surface area contributed by atoms with E-state index in [4.69, 9.17) is 14.2 Å². The highest BCUT2D eigenvalue weighted by atomic mass is 32.2. The van der Waals surface area contributed by atoms with Crippen molar-refractivity contribution in [1.29, 1.82) is 0 Å². The first-order valence-corrected chi connectivity index (χ1v) is 10.3. The van der Waals surface area contributed by atoms with Gasteiger partial charge < -0.3 is 24.8 Å². The van der Waals surface area contributed by atoms with Crippen molar-refractivity contribution in [3.05, 3.63) is 35.5 Å². The fourth-order valence-electron chi connectivity index (χ4n) is 2.85. The predicted molar refractivity (Wildman–Crippen MR) is 109 cm³/mol. The molecular weight excluding hydrogens is 396 g/mol. The van der Waals surface area contributed by atoms with E-state index in [0.29, 0.717) is 30.5 Å². The van der Waals surface area contributed by atoms with Crippen LogP contribution in [0, 0.1) is 0 Å². The van der Waals surface area contributed by atoms with Gasteiger partial charge in [0, 0.05) is 30.7 Å². The second kappa shape index (κ2) is 10.2. The zero-order valence-corrected chi connectivity index (χ0v) is 17.2. The summed E-state index contributed by atoms with van der Waals surface area (Å²) in [5, 5.41) is 10.1. The number of methoxy groups -OCH3 is 2. The number of amides is 2. The van der Waals surface area contributed by atoms with Crippen LogP contribution in [-0.4, -0.2) is 55.6 Å². The van der Waals surface area contributed by atoms with Gasteiger partial charge in [-0.2, -0.15) is 16.9 Å². The standard InChI is InChI=1S/C19H24N4O5S/c1-26-8-7-20-17(24)9-23-19(13-11-29-12-14(13)22-23)21-18(25)10-28-16-6-4-3-5-15(16)27-2/h3-6H,7-12H2,1-2H3,(H,20,24)(H,21,25). The van der Waals surface area contributed by atoms with Crippen LogP contribution in [0.4, 0.5) is 5.82 Å². The normalized spacial score (nSPS) is 12.3. The molecule has 0 bridgehead atoms. The van der Waals surface area contributed by atoms with Gasteiger partial charge in [0.1, 0.15) is 12.4 Å². The maximum atomic E-state index is 12.5. The minimum Gasteiger partial charge on any atom is -0.493 e. The number of para-hydroxylation sites is 2. The van der Waals surface area contributed by atoms with Crippen molar-refractivity contribution in [2.24, 2.45) is 0 Å². The summed E-state index contributed by atoms with van der Waals surface area (Å²) in [6.45, 7) is 0.681. The van der Waals surface area contributed by atoms with E-state index in [1.807, 2.05) is 6.07 Å². The van der Waals surface area contributed by atoms with Crippen molar-refractivity contribution in [2.45, 2.75) is 18.1 Å². The summed E-state index contributed by atoms with van der Waals surface area (Å²) in [5.74, 6) is 2.54. The van der Waals surface area contributed by atoms with Crippen LogP contribution in [0.15, 0.2) is 24.3 Å². The van der Waals surface area contributed by atoms with E-state index >= 15 is 0 Å². The van der Waals surface area contributed by atoms with Crippen LogP contribution in [0.1, 0.15) is 11.3 Å². The molecule has 2 N–H and O–H groups in total. The van der Waals surface area contributed by atoms with Crippen molar-refractivity contribution in [1.82, 2.24) is 15.1 Å². The molecule has 1 aromatic carbocycles. The number of aromatic nitrogens is 2. The highest BCUT2D eigenvalue weighted by molar-refractivity contribution is 7.98. The maximum absolute atomic E-state index is 12.5. The Morgan fingerprint density at radius 1 is 1.17 bits per heavy atom. The Labute approximate surface area is 173 Å². The van der Waals surface area contributed by atoms with Gasteiger partial charge in [-0.25, -0.2) is 4.68 Å². The van der Waals surface area contributed by atoms with Gasteiger partial charge in [0.15, 0.2) is 18.1 Å². The lowest BCUT2D eigenvalue weighted by Gasteiger charge is -2.13. The molecule has 2 aromatic rings. The van der Waals surface area contributed by atoms with Crippen molar-refractivity contribution < 1.29 is 23.8 Å². The van der Waals surface area contributed by atoms with Crippen molar-refractivity contribution in [3.63, 3.8) is 0 Å². The molecule has 2 heterocycles. The average Bonchev–Trinajstić information content (AvgIpc) is 3.29. The molecule has 0 aliphatic carbocycles. The molecule has 1 aliphatic heterocycles. The Balaban J connectivity index is 1.64. The number of nitrogens with one attached hydrogen (secondary N) is 2. The van der Waals surface area contributed by atoms with Crippen molar-refractivity contribution in [3.8, 4) is 11.5 Å². The summed E-state index contributed by atoms with van der Waals surface area (Å²) in [5.41, 5.74) is 1.84. The average molecular weight is 420 g/mol. The first kappa shape index (κ1) is 21.0. The molecule has 0 fully saturated rings. The molecular formula is C19H24N4O5S. The number of carbonyl (C=O) groups is 2. The summed E-state index contributed by atoms with van der Waals surface area (Å²) >= 11 is 1.72. The number of hydrogen-bond donors (Lipinski definition) is 2. The van der Waals surface area contributed by atoms with E-state index < -0.39 is 0 Å². The Hall–Kier alpha value is -2.72. The molecule has 0 unspecified atom stereocenters. The third-order valence-electron chi connectivity index (χ3n) is 4.23. The highest BCUT2D eigenvalue weighted by Crippen LogP contribution is 2.34. The fraction of sp³-hybridized carbons (Fsp3) is 0.421. The fourth-order valence-corrected chi connectivity index (χ4v) is 3.89. The lowest BCUT2D eigenvalue weighted by Crippen LogP contribution is -2.31. The van der Waals surface area contributed by atoms with Crippen LogP contribution in [-0.2, 0) is 32.4 Å². The number of carbonyl (C=O) groups excluding carboxylic acids is 2. The number of nitrogens with zero attached hydrogens (tertiary/aromatic N) is 2. The molecule has 156 valence electrons. The quantitative estimate of drug-likeness (QED) is 0.560. The molecule has 0 radical (unpaired) electrons. The number of ether oxygens (including phenoxy) is 3. The van der Waals surface area contributed by atoms with Gasteiger partial charge >= 0.3 is 0 Å². The molecule has 9 nitrogen and oxygen atoms in total. The third kappa shape index (κ3) is 5.42. The molecule has 0 atom stereocenters. The first-order valence-electron chi connectivity index (χ1n) is 9.10. The summed E-state index contributed by atoms with van der Waals surface area (Å²) < 4.78 is 17.3. The SMILES string of the molecule is COCCNC(=O)Cn1nc2c(c1NC(=O)COc1ccccc1OC)CSC2. The summed E-state index contributed by atoms with van der Waals surface area (Å²) in [6.07, 6.45) is 0. The summed E-state index contributed by atoms with van der Waals surface area (Å²) in [6, 6.07) is 7.11. The minimum absolute atomic E-state index is 0.0182. The highest BCUT2D eigenvalue weighted by Gasteiger charge is 2.25. The van der Waals surface area contributed by atoms with E-state index in [1.165, 1.54) is 4.68 Å². The second-order valence-electron chi connectivity index (χ2n) is 6.25. The summed E-state index contributed by atoms with van der Waals surface area (Å²) in [7, 11) is 3.11. The zero-order chi connectivity index (χ0) is 20.6. The maximum Gasteiger partial charge on any atom is 0.263 e. The molecule has 1 aliphatic rings. The lowest BCUT2D eigenvalue weighted by atomic mass is 10.3. The van der Waals surface area contributed by atoms with E-state index in [1.54, 1.807) is 44.2 Å². The van der Waals surface area contributed by atoms with Crippen molar-refractivity contribution in [2.75, 3.05) is 39.3 Å². The molecule has 3 rings (SSSR count). The molecule has 10 heteroatoms. The van der Waals surface area contributed by atoms with Gasteiger partial charge in [-0.05, 0) is 12.1 Å². The molecule has 2 amide bonds. The number of thioether (sulfide) groups is 1. The van der Waals surface area contributed by atoms with Gasteiger partial charge in [0.05, 0.1) is 19.4 Å². The van der Waals surface area contributed by atoms with Crippen LogP contribution in [0.3, 0.4) is 0 Å². The van der Waals surface area contributed by atoms with Gasteiger partial charge in [-0.15, -0.1) is 0 Å². The second-order valence-corrected chi connectivity index (χ2v) is 7.24. The van der Waals surface area contributed by atoms with Gasteiger partial charge in [-0.1, -0.05) is 12.1 Å². The largest absolute Gasteiger partial charge is 0.493 e. The Morgan fingerprint density at radius 2 is 1.97 bits per heavy atom. The molecule has 1 aromatic heterocycles. The number of hydrogen-bond acceptors (Lipinski definition) is 7. The topological polar surface area (TPSA) is 104 Å². The van der Waals surface area contributed by atoms with Crippen LogP contribution < -0.4 is 20.1 Å². The van der Waals surface area contributed by atoms with E-state index in [-0.39, 0.29) is 25.0 Å². The van der Waals surface area contributed by atoms with Crippen LogP contribution in [0.25, 0.3) is 0 Å². The number of rotatable bonds is 10. The van der Waals surface area contributed by atoms with Crippen LogP contribution in [0.2, 0.25) is 0 Å². The van der Waals surface area contributed by atoms with Gasteiger partial charge in [0.2, 0.25) is 5.91 Å². The molecule has 0 saturated carbocycles. The molecule has 0 spiro atoms.